The van der Waals surface area contributed by atoms with Gasteiger partial charge in [-0.15, -0.1) is 0 Å². The molecular formula is C22H27N3O4. The molecule has 1 atom stereocenters. The Bertz CT molecular complexity index is 849. The molecule has 0 aliphatic rings. The lowest BCUT2D eigenvalue weighted by Gasteiger charge is -2.18. The number of carbonyl (C=O) groups excluding carboxylic acids is 3. The number of rotatable bonds is 8. The van der Waals surface area contributed by atoms with Crippen LogP contribution in [0.1, 0.15) is 49.0 Å². The smallest absolute Gasteiger partial charge is 0.279 e. The molecule has 0 radical (unpaired) electrons. The van der Waals surface area contributed by atoms with Gasteiger partial charge in [0.15, 0.2) is 6.10 Å². The molecule has 7 heteroatoms. The summed E-state index contributed by atoms with van der Waals surface area (Å²) in [6.07, 6.45) is 0.922. The third-order valence-electron chi connectivity index (χ3n) is 4.14. The molecule has 0 saturated carbocycles. The molecule has 2 aromatic rings. The maximum atomic E-state index is 12.3. The molecule has 0 aliphatic carbocycles. The normalized spacial score (nSPS) is 11.3. The van der Waals surface area contributed by atoms with Gasteiger partial charge in [0, 0.05) is 17.7 Å². The number of hydrogen-bond donors (Lipinski definition) is 3. The van der Waals surface area contributed by atoms with E-state index in [1.165, 1.54) is 0 Å². The van der Waals surface area contributed by atoms with Crippen LogP contribution in [0.25, 0.3) is 0 Å². The van der Waals surface area contributed by atoms with Crippen molar-refractivity contribution in [1.29, 1.82) is 0 Å². The van der Waals surface area contributed by atoms with Crippen LogP contribution in [0.5, 0.6) is 5.75 Å². The van der Waals surface area contributed by atoms with Crippen LogP contribution < -0.4 is 20.9 Å². The number of aryl methyl sites for hydroxylation is 1. The van der Waals surface area contributed by atoms with Crippen molar-refractivity contribution < 1.29 is 19.1 Å². The summed E-state index contributed by atoms with van der Waals surface area (Å²) in [6, 6.07) is 13.8. The van der Waals surface area contributed by atoms with E-state index in [9.17, 15) is 14.4 Å². The van der Waals surface area contributed by atoms with Gasteiger partial charge in [-0.1, -0.05) is 26.0 Å². The molecule has 0 aliphatic heterocycles. The Morgan fingerprint density at radius 2 is 1.72 bits per heavy atom. The number of hydrogen-bond acceptors (Lipinski definition) is 4. The molecule has 0 heterocycles. The Hall–Kier alpha value is -3.35. The van der Waals surface area contributed by atoms with E-state index in [4.69, 9.17) is 4.74 Å². The summed E-state index contributed by atoms with van der Waals surface area (Å²) in [5, 5.41) is 2.75. The zero-order valence-electron chi connectivity index (χ0n) is 17.0. The highest BCUT2D eigenvalue weighted by Gasteiger charge is 2.19. The monoisotopic (exact) mass is 397 g/mol. The molecule has 0 spiro atoms. The molecule has 3 amide bonds. The summed E-state index contributed by atoms with van der Waals surface area (Å²) in [7, 11) is 0. The lowest BCUT2D eigenvalue weighted by Crippen LogP contribution is -2.47. The number of carbonyl (C=O) groups is 3. The van der Waals surface area contributed by atoms with Crippen LogP contribution in [0.15, 0.2) is 48.5 Å². The number of amides is 3. The van der Waals surface area contributed by atoms with E-state index in [1.807, 2.05) is 39.0 Å². The summed E-state index contributed by atoms with van der Waals surface area (Å²) < 4.78 is 5.71. The Kier molecular flexibility index (Phi) is 8.21. The number of ether oxygens (including phenoxy) is 1. The highest BCUT2D eigenvalue weighted by Crippen LogP contribution is 2.15. The van der Waals surface area contributed by atoms with Gasteiger partial charge in [0.1, 0.15) is 5.75 Å². The minimum Gasteiger partial charge on any atom is -0.481 e. The van der Waals surface area contributed by atoms with E-state index < -0.39 is 17.9 Å². The van der Waals surface area contributed by atoms with Gasteiger partial charge in [0.2, 0.25) is 5.91 Å². The Labute approximate surface area is 170 Å². The average Bonchev–Trinajstić information content (AvgIpc) is 2.70. The second-order valence-electron chi connectivity index (χ2n) is 6.65. The largest absolute Gasteiger partial charge is 0.481 e. The SMILES string of the molecule is CCCC(=O)Nc1ccc(C(=O)NNC(=O)C(CC)Oc2cccc(C)c2)cc1. The number of anilines is 1. The van der Waals surface area contributed by atoms with Crippen LogP contribution in [0, 0.1) is 6.92 Å². The summed E-state index contributed by atoms with van der Waals surface area (Å²) in [5.41, 5.74) is 6.78. The van der Waals surface area contributed by atoms with E-state index in [2.05, 4.69) is 16.2 Å². The minimum atomic E-state index is -0.728. The summed E-state index contributed by atoms with van der Waals surface area (Å²) in [5.74, 6) is -0.379. The van der Waals surface area contributed by atoms with Crippen molar-refractivity contribution in [3.63, 3.8) is 0 Å². The molecule has 0 fully saturated rings. The molecule has 0 aromatic heterocycles. The molecule has 0 saturated heterocycles. The van der Waals surface area contributed by atoms with Gasteiger partial charge in [0.25, 0.3) is 11.8 Å². The van der Waals surface area contributed by atoms with Gasteiger partial charge < -0.3 is 10.1 Å². The Balaban J connectivity index is 1.88. The predicted molar refractivity (Wildman–Crippen MR) is 111 cm³/mol. The van der Waals surface area contributed by atoms with Crippen LogP contribution >= 0.6 is 0 Å². The molecule has 2 rings (SSSR count). The molecule has 29 heavy (non-hydrogen) atoms. The second-order valence-corrected chi connectivity index (χ2v) is 6.65. The van der Waals surface area contributed by atoms with Crippen molar-refractivity contribution in [2.24, 2.45) is 0 Å². The average molecular weight is 397 g/mol. The van der Waals surface area contributed by atoms with Crippen LogP contribution in [-0.2, 0) is 9.59 Å². The van der Waals surface area contributed by atoms with Gasteiger partial charge in [-0.2, -0.15) is 0 Å². The van der Waals surface area contributed by atoms with E-state index in [-0.39, 0.29) is 5.91 Å². The van der Waals surface area contributed by atoms with Crippen molar-refractivity contribution in [2.75, 3.05) is 5.32 Å². The highest BCUT2D eigenvalue weighted by atomic mass is 16.5. The van der Waals surface area contributed by atoms with Crippen LogP contribution in [0.4, 0.5) is 5.69 Å². The van der Waals surface area contributed by atoms with Crippen molar-refractivity contribution in [1.82, 2.24) is 10.9 Å². The summed E-state index contributed by atoms with van der Waals surface area (Å²) >= 11 is 0. The van der Waals surface area contributed by atoms with E-state index in [0.29, 0.717) is 29.8 Å². The first-order valence-electron chi connectivity index (χ1n) is 9.66. The van der Waals surface area contributed by atoms with Crippen molar-refractivity contribution in [3.05, 3.63) is 59.7 Å². The van der Waals surface area contributed by atoms with Gasteiger partial charge in [-0.3, -0.25) is 25.2 Å². The second kappa shape index (κ2) is 10.8. The molecule has 7 nitrogen and oxygen atoms in total. The maximum absolute atomic E-state index is 12.3. The first kappa shape index (κ1) is 21.9. The van der Waals surface area contributed by atoms with Gasteiger partial charge in [0.05, 0.1) is 0 Å². The lowest BCUT2D eigenvalue weighted by atomic mass is 10.2. The third-order valence-corrected chi connectivity index (χ3v) is 4.14. The number of hydrazine groups is 1. The molecule has 2 aromatic carbocycles. The van der Waals surface area contributed by atoms with Gasteiger partial charge >= 0.3 is 0 Å². The van der Waals surface area contributed by atoms with Crippen LogP contribution in [0.3, 0.4) is 0 Å². The zero-order chi connectivity index (χ0) is 21.2. The summed E-state index contributed by atoms with van der Waals surface area (Å²) in [6.45, 7) is 5.69. The summed E-state index contributed by atoms with van der Waals surface area (Å²) in [4.78, 5) is 36.2. The van der Waals surface area contributed by atoms with Crippen molar-refractivity contribution in [2.45, 2.75) is 46.1 Å². The van der Waals surface area contributed by atoms with E-state index in [1.54, 1.807) is 30.3 Å². The fourth-order valence-electron chi connectivity index (χ4n) is 2.60. The molecule has 0 bridgehead atoms. The standard InChI is InChI=1S/C22H27N3O4/c1-4-7-20(26)23-17-12-10-16(11-13-17)21(27)24-25-22(28)19(5-2)29-18-9-6-8-15(3)14-18/h6,8-14,19H,4-5,7H2,1-3H3,(H,23,26)(H,24,27)(H,25,28). The third kappa shape index (κ3) is 6.95. The maximum Gasteiger partial charge on any atom is 0.279 e. The minimum absolute atomic E-state index is 0.0730. The quantitative estimate of drug-likeness (QED) is 0.595. The van der Waals surface area contributed by atoms with Crippen LogP contribution in [-0.4, -0.2) is 23.8 Å². The molecular weight excluding hydrogens is 370 g/mol. The number of nitrogens with one attached hydrogen (secondary N) is 3. The fraction of sp³-hybridized carbons (Fsp3) is 0.318. The van der Waals surface area contributed by atoms with Gasteiger partial charge in [-0.25, -0.2) is 0 Å². The topological polar surface area (TPSA) is 96.5 Å². The zero-order valence-corrected chi connectivity index (χ0v) is 17.0. The predicted octanol–water partition coefficient (Wildman–Crippen LogP) is 3.35. The van der Waals surface area contributed by atoms with Crippen LogP contribution in [0.2, 0.25) is 0 Å². The fourth-order valence-corrected chi connectivity index (χ4v) is 2.60. The molecule has 3 N–H and O–H groups in total. The van der Waals surface area contributed by atoms with Crippen molar-refractivity contribution >= 4 is 23.4 Å². The lowest BCUT2D eigenvalue weighted by molar-refractivity contribution is -0.128. The van der Waals surface area contributed by atoms with Gasteiger partial charge in [-0.05, 0) is 61.7 Å². The Morgan fingerprint density at radius 1 is 1.00 bits per heavy atom. The highest BCUT2D eigenvalue weighted by molar-refractivity contribution is 5.97. The Morgan fingerprint density at radius 3 is 2.34 bits per heavy atom. The molecule has 1 unspecified atom stereocenters. The first-order chi connectivity index (χ1) is 13.9. The van der Waals surface area contributed by atoms with E-state index >= 15 is 0 Å². The van der Waals surface area contributed by atoms with Crippen molar-refractivity contribution in [3.8, 4) is 5.75 Å². The molecule has 154 valence electrons. The van der Waals surface area contributed by atoms with E-state index in [0.717, 1.165) is 12.0 Å². The first-order valence-corrected chi connectivity index (χ1v) is 9.66. The number of benzene rings is 2.